The maximum atomic E-state index is 12.4. The molecule has 2 aromatic rings. The van der Waals surface area contributed by atoms with E-state index in [1.165, 1.54) is 43.7 Å². The van der Waals surface area contributed by atoms with Crippen LogP contribution in [-0.4, -0.2) is 58.1 Å². The van der Waals surface area contributed by atoms with Crippen molar-refractivity contribution < 1.29 is 37.1 Å². The first-order chi connectivity index (χ1) is 15.7. The molecule has 0 spiro atoms. The van der Waals surface area contributed by atoms with E-state index in [9.17, 15) is 22.8 Å². The molecule has 0 radical (unpaired) electrons. The molecule has 33 heavy (non-hydrogen) atoms. The average Bonchev–Trinajstić information content (AvgIpc) is 3.57. The summed E-state index contributed by atoms with van der Waals surface area (Å²) < 4.78 is 35.5. The summed E-state index contributed by atoms with van der Waals surface area (Å²) in [5, 5.41) is 4.77. The van der Waals surface area contributed by atoms with Crippen LogP contribution < -0.4 is 5.32 Å². The van der Waals surface area contributed by atoms with Crippen LogP contribution in [0.4, 0.5) is 5.00 Å². The van der Waals surface area contributed by atoms with E-state index in [4.69, 9.17) is 14.3 Å². The molecule has 0 saturated heterocycles. The van der Waals surface area contributed by atoms with Gasteiger partial charge in [-0.1, -0.05) is 10.5 Å². The quantitative estimate of drug-likeness (QED) is 0.393. The third-order valence-corrected chi connectivity index (χ3v) is 7.46. The minimum atomic E-state index is -3.95. The van der Waals surface area contributed by atoms with Gasteiger partial charge in [-0.3, -0.25) is 9.63 Å². The van der Waals surface area contributed by atoms with Crippen molar-refractivity contribution in [2.45, 2.75) is 30.6 Å². The molecule has 1 aromatic carbocycles. The summed E-state index contributed by atoms with van der Waals surface area (Å²) in [7, 11) is -1.54. The Bertz CT molecular complexity index is 1150. The highest BCUT2D eigenvalue weighted by atomic mass is 32.2. The Morgan fingerprint density at radius 1 is 1.18 bits per heavy atom. The van der Waals surface area contributed by atoms with Gasteiger partial charge >= 0.3 is 11.9 Å². The van der Waals surface area contributed by atoms with E-state index in [0.29, 0.717) is 15.0 Å². The molecule has 0 atom stereocenters. The standard InChI is InChI=1S/C21H24N2O8S2/c1-4-30-21(26)18-16(13-8-9-13)12-32-19(18)22-17(24)11-31-20(25)14-6-5-7-15(10-14)33(27,28)23(2)29-3/h5-7,10,12-13H,4,8-9,11H2,1-3H3,(H,22,24). The second-order valence-corrected chi connectivity index (χ2v) is 9.95. The normalized spacial score (nSPS) is 13.6. The lowest BCUT2D eigenvalue weighted by atomic mass is 10.1. The number of amides is 1. The van der Waals surface area contributed by atoms with Crippen LogP contribution >= 0.6 is 11.3 Å². The van der Waals surface area contributed by atoms with Crippen LogP contribution in [0, 0.1) is 0 Å². The molecule has 1 heterocycles. The summed E-state index contributed by atoms with van der Waals surface area (Å²) in [6, 6.07) is 5.18. The maximum absolute atomic E-state index is 12.4. The van der Waals surface area contributed by atoms with Crippen molar-refractivity contribution in [1.82, 2.24) is 4.47 Å². The Kier molecular flexibility index (Phi) is 7.84. The van der Waals surface area contributed by atoms with E-state index in [0.717, 1.165) is 24.5 Å². The Labute approximate surface area is 195 Å². The highest BCUT2D eigenvalue weighted by Gasteiger charge is 2.32. The number of ether oxygens (including phenoxy) is 2. The molecular weight excluding hydrogens is 472 g/mol. The van der Waals surface area contributed by atoms with E-state index in [1.807, 2.05) is 5.38 Å². The number of hydroxylamine groups is 1. The van der Waals surface area contributed by atoms with Gasteiger partial charge in [-0.05, 0) is 54.8 Å². The fourth-order valence-corrected chi connectivity index (χ4v) is 5.05. The summed E-state index contributed by atoms with van der Waals surface area (Å²) >= 11 is 1.21. The van der Waals surface area contributed by atoms with Gasteiger partial charge in [-0.15, -0.1) is 11.3 Å². The number of anilines is 1. The number of benzene rings is 1. The van der Waals surface area contributed by atoms with Gasteiger partial charge in [-0.2, -0.15) is 0 Å². The first-order valence-corrected chi connectivity index (χ1v) is 12.4. The molecule has 0 aliphatic heterocycles. The molecule has 1 amide bonds. The van der Waals surface area contributed by atoms with Crippen LogP contribution in [0.2, 0.25) is 0 Å². The zero-order valence-corrected chi connectivity index (χ0v) is 20.0. The van der Waals surface area contributed by atoms with Gasteiger partial charge in [0.15, 0.2) is 6.61 Å². The fourth-order valence-electron chi connectivity index (χ4n) is 2.98. The highest BCUT2D eigenvalue weighted by Crippen LogP contribution is 2.46. The minimum absolute atomic E-state index is 0.0484. The van der Waals surface area contributed by atoms with E-state index in [-0.39, 0.29) is 23.0 Å². The monoisotopic (exact) mass is 496 g/mol. The number of esters is 2. The van der Waals surface area contributed by atoms with Crippen LogP contribution in [0.25, 0.3) is 0 Å². The molecule has 0 bridgehead atoms. The lowest BCUT2D eigenvalue weighted by Crippen LogP contribution is -2.26. The lowest BCUT2D eigenvalue weighted by molar-refractivity contribution is -0.119. The molecule has 1 aromatic heterocycles. The largest absolute Gasteiger partial charge is 0.462 e. The molecule has 1 aliphatic carbocycles. The number of carbonyl (C=O) groups is 3. The number of thiophene rings is 1. The Hall–Kier alpha value is -2.80. The molecule has 1 N–H and O–H groups in total. The highest BCUT2D eigenvalue weighted by molar-refractivity contribution is 7.89. The van der Waals surface area contributed by atoms with Crippen LogP contribution in [0.3, 0.4) is 0 Å². The van der Waals surface area contributed by atoms with Gasteiger partial charge in [0.05, 0.1) is 29.7 Å². The summed E-state index contributed by atoms with van der Waals surface area (Å²) in [6.45, 7) is 1.29. The minimum Gasteiger partial charge on any atom is -0.462 e. The molecule has 178 valence electrons. The number of nitrogens with zero attached hydrogens (tertiary/aromatic N) is 1. The number of hydrogen-bond acceptors (Lipinski definition) is 9. The third kappa shape index (κ3) is 5.77. The van der Waals surface area contributed by atoms with Gasteiger partial charge in [0.1, 0.15) is 5.00 Å². The Balaban J connectivity index is 1.66. The fraction of sp³-hybridized carbons (Fsp3) is 0.381. The van der Waals surface area contributed by atoms with Crippen molar-refractivity contribution in [2.24, 2.45) is 0 Å². The number of carbonyl (C=O) groups excluding carboxylic acids is 3. The molecular formula is C21H24N2O8S2. The molecule has 10 nitrogen and oxygen atoms in total. The predicted octanol–water partition coefficient (Wildman–Crippen LogP) is 2.78. The van der Waals surface area contributed by atoms with Crippen molar-refractivity contribution in [2.75, 3.05) is 32.7 Å². The maximum Gasteiger partial charge on any atom is 0.341 e. The molecule has 1 saturated carbocycles. The number of rotatable bonds is 10. The second-order valence-electron chi connectivity index (χ2n) is 7.14. The predicted molar refractivity (Wildman–Crippen MR) is 120 cm³/mol. The zero-order valence-electron chi connectivity index (χ0n) is 18.3. The van der Waals surface area contributed by atoms with Crippen LogP contribution in [0.15, 0.2) is 34.5 Å². The van der Waals surface area contributed by atoms with Gasteiger partial charge in [0.2, 0.25) is 0 Å². The molecule has 12 heteroatoms. The van der Waals surface area contributed by atoms with E-state index in [2.05, 4.69) is 5.32 Å². The van der Waals surface area contributed by atoms with Crippen LogP contribution in [0.5, 0.6) is 0 Å². The number of sulfonamides is 1. The molecule has 0 unspecified atom stereocenters. The summed E-state index contributed by atoms with van der Waals surface area (Å²) in [4.78, 5) is 41.7. The van der Waals surface area contributed by atoms with Crippen molar-refractivity contribution in [3.8, 4) is 0 Å². The average molecular weight is 497 g/mol. The zero-order chi connectivity index (χ0) is 24.2. The summed E-state index contributed by atoms with van der Waals surface area (Å²) in [6.07, 6.45) is 1.95. The van der Waals surface area contributed by atoms with E-state index < -0.39 is 34.5 Å². The van der Waals surface area contributed by atoms with Gasteiger partial charge < -0.3 is 14.8 Å². The lowest BCUT2D eigenvalue weighted by Gasteiger charge is -2.14. The molecule has 1 fully saturated rings. The van der Waals surface area contributed by atoms with Crippen molar-refractivity contribution in [3.63, 3.8) is 0 Å². The molecule has 3 rings (SSSR count). The Morgan fingerprint density at radius 3 is 2.55 bits per heavy atom. The van der Waals surface area contributed by atoms with Crippen LogP contribution in [0.1, 0.15) is 52.0 Å². The smallest absolute Gasteiger partial charge is 0.341 e. The van der Waals surface area contributed by atoms with Crippen molar-refractivity contribution in [3.05, 3.63) is 46.3 Å². The summed E-state index contributed by atoms with van der Waals surface area (Å²) in [5.41, 5.74) is 1.14. The van der Waals surface area contributed by atoms with E-state index >= 15 is 0 Å². The van der Waals surface area contributed by atoms with Crippen molar-refractivity contribution >= 4 is 44.2 Å². The van der Waals surface area contributed by atoms with Crippen LogP contribution in [-0.2, 0) is 29.1 Å². The SMILES string of the molecule is CCOC(=O)c1c(C2CC2)csc1NC(=O)COC(=O)c1cccc(S(=O)(=O)N(C)OC)c1. The van der Waals surface area contributed by atoms with Gasteiger partial charge in [-0.25, -0.2) is 18.0 Å². The number of nitrogens with one attached hydrogen (secondary N) is 1. The second kappa shape index (κ2) is 10.4. The Morgan fingerprint density at radius 2 is 1.91 bits per heavy atom. The van der Waals surface area contributed by atoms with Crippen molar-refractivity contribution in [1.29, 1.82) is 0 Å². The van der Waals surface area contributed by atoms with Gasteiger partial charge in [0.25, 0.3) is 15.9 Å². The van der Waals surface area contributed by atoms with E-state index in [1.54, 1.807) is 6.92 Å². The number of hydrogen-bond donors (Lipinski definition) is 1. The van der Waals surface area contributed by atoms with Gasteiger partial charge in [0, 0.05) is 7.05 Å². The molecule has 1 aliphatic rings. The third-order valence-electron chi connectivity index (χ3n) is 4.87. The first kappa shape index (κ1) is 24.8. The first-order valence-electron chi connectivity index (χ1n) is 10.1. The topological polar surface area (TPSA) is 128 Å². The summed E-state index contributed by atoms with van der Waals surface area (Å²) in [5.74, 6) is -1.74.